The van der Waals surface area contributed by atoms with Crippen LogP contribution in [-0.2, 0) is 26.2 Å². The second-order valence-corrected chi connectivity index (χ2v) is 9.64. The molecule has 2 saturated carbocycles. The number of quaternary nitrogens is 1. The van der Waals surface area contributed by atoms with Gasteiger partial charge in [-0.2, -0.15) is 0 Å². The van der Waals surface area contributed by atoms with Crippen molar-refractivity contribution >= 4 is 11.8 Å². The molecule has 29 heavy (non-hydrogen) atoms. The maximum absolute atomic E-state index is 14.2. The molecule has 154 valence electrons. The lowest BCUT2D eigenvalue weighted by Crippen LogP contribution is -2.81. The van der Waals surface area contributed by atoms with Gasteiger partial charge < -0.3 is 24.4 Å². The fourth-order valence-electron chi connectivity index (χ4n) is 6.97. The Labute approximate surface area is 168 Å². The molecule has 0 radical (unpaired) electrons. The van der Waals surface area contributed by atoms with Crippen molar-refractivity contribution in [1.29, 1.82) is 0 Å². The number of hydrogen-bond donors (Lipinski definition) is 1. The van der Waals surface area contributed by atoms with Crippen molar-refractivity contribution in [3.8, 4) is 11.5 Å². The van der Waals surface area contributed by atoms with Gasteiger partial charge in [0.2, 0.25) is 0 Å². The van der Waals surface area contributed by atoms with Crippen LogP contribution < -0.4 is 4.74 Å². The molecule has 0 aromatic heterocycles. The third kappa shape index (κ3) is 2.00. The quantitative estimate of drug-likeness (QED) is 0.475. The molecule has 3 fully saturated rings. The summed E-state index contributed by atoms with van der Waals surface area (Å²) in [6, 6.07) is 2.97. The number of carbonyl (C=O) groups excluding carboxylic acids is 2. The lowest BCUT2D eigenvalue weighted by Gasteiger charge is -2.67. The number of nitrogens with zero attached hydrogens (tertiary/aromatic N) is 1. The van der Waals surface area contributed by atoms with E-state index < -0.39 is 29.1 Å². The number of ketones is 1. The van der Waals surface area contributed by atoms with Crippen molar-refractivity contribution in [2.75, 3.05) is 13.1 Å². The highest BCUT2D eigenvalue weighted by Crippen LogP contribution is 2.67. The number of hydroxylamine groups is 3. The monoisotopic (exact) mass is 399 g/mol. The van der Waals surface area contributed by atoms with Crippen molar-refractivity contribution in [2.45, 2.75) is 68.6 Å². The number of rotatable bonds is 3. The Hall–Kier alpha value is -2.12. The molecule has 6 rings (SSSR count). The van der Waals surface area contributed by atoms with E-state index in [1.54, 1.807) is 6.07 Å². The van der Waals surface area contributed by atoms with E-state index in [1.807, 2.05) is 6.07 Å². The van der Waals surface area contributed by atoms with Gasteiger partial charge in [0, 0.05) is 44.1 Å². The molecule has 5 aliphatic rings. The number of esters is 1. The molecule has 1 N–H and O–H groups in total. The van der Waals surface area contributed by atoms with Crippen molar-refractivity contribution in [2.24, 2.45) is 5.92 Å². The maximum atomic E-state index is 14.2. The lowest BCUT2D eigenvalue weighted by molar-refractivity contribution is -0.923. The van der Waals surface area contributed by atoms with Crippen LogP contribution in [0.1, 0.15) is 50.2 Å². The summed E-state index contributed by atoms with van der Waals surface area (Å²) in [6.07, 6.45) is 2.81. The Morgan fingerprint density at radius 3 is 2.90 bits per heavy atom. The van der Waals surface area contributed by atoms with E-state index in [0.29, 0.717) is 44.0 Å². The Balaban J connectivity index is 1.63. The van der Waals surface area contributed by atoms with Crippen LogP contribution in [0.2, 0.25) is 0 Å². The van der Waals surface area contributed by atoms with Gasteiger partial charge in [-0.15, -0.1) is 0 Å². The third-order valence-electron chi connectivity index (χ3n) is 8.14. The largest absolute Gasteiger partial charge is 0.632 e. The predicted molar refractivity (Wildman–Crippen MR) is 101 cm³/mol. The van der Waals surface area contributed by atoms with E-state index >= 15 is 0 Å². The lowest BCUT2D eigenvalue weighted by atomic mass is 9.48. The fraction of sp³-hybridized carbons (Fsp3) is 0.636. The first-order chi connectivity index (χ1) is 13.8. The summed E-state index contributed by atoms with van der Waals surface area (Å²) in [6.45, 7) is 2.30. The molecule has 1 aromatic rings. The van der Waals surface area contributed by atoms with Gasteiger partial charge in [-0.25, -0.2) is 0 Å². The van der Waals surface area contributed by atoms with Crippen molar-refractivity contribution in [3.05, 3.63) is 28.5 Å². The summed E-state index contributed by atoms with van der Waals surface area (Å²) in [5.41, 5.74) is -0.212. The molecule has 5 atom stereocenters. The van der Waals surface area contributed by atoms with Crippen molar-refractivity contribution < 1.29 is 28.8 Å². The first-order valence-electron chi connectivity index (χ1n) is 10.6. The van der Waals surface area contributed by atoms with E-state index in [9.17, 15) is 19.9 Å². The van der Waals surface area contributed by atoms with Gasteiger partial charge in [0.05, 0.1) is 18.5 Å². The highest BCUT2D eigenvalue weighted by Gasteiger charge is 2.78. The van der Waals surface area contributed by atoms with Crippen LogP contribution in [0.15, 0.2) is 12.1 Å². The molecule has 1 spiro atoms. The molecule has 0 amide bonds. The average Bonchev–Trinajstić information content (AvgIpc) is 3.38. The number of benzene rings is 1. The number of Topliss-reactive ketones (excluding diaryl/α,β-unsaturated/α-hetero) is 1. The third-order valence-corrected chi connectivity index (χ3v) is 8.14. The Bertz CT molecular complexity index is 957. The minimum absolute atomic E-state index is 0.00179. The molecular weight excluding hydrogens is 374 g/mol. The minimum atomic E-state index is -1.07. The zero-order valence-corrected chi connectivity index (χ0v) is 16.5. The van der Waals surface area contributed by atoms with Crippen LogP contribution in [-0.4, -0.2) is 52.3 Å². The number of carbonyl (C=O) groups is 2. The van der Waals surface area contributed by atoms with Crippen LogP contribution in [0.4, 0.5) is 0 Å². The number of hydrogen-bond acceptors (Lipinski definition) is 6. The Morgan fingerprint density at radius 2 is 2.17 bits per heavy atom. The molecule has 1 aromatic carbocycles. The zero-order valence-electron chi connectivity index (χ0n) is 16.5. The molecule has 2 aliphatic heterocycles. The highest BCUT2D eigenvalue weighted by molar-refractivity contribution is 5.90. The molecule has 7 heteroatoms. The number of phenolic OH excluding ortho intramolecular Hbond substituents is 1. The van der Waals surface area contributed by atoms with Gasteiger partial charge in [-0.05, 0) is 24.5 Å². The number of likely N-dealkylation sites (tertiary alicyclic amines) is 1. The molecule has 1 saturated heterocycles. The Kier molecular flexibility index (Phi) is 3.25. The molecule has 7 nitrogen and oxygen atoms in total. The summed E-state index contributed by atoms with van der Waals surface area (Å²) in [4.78, 5) is 25.3. The Morgan fingerprint density at radius 1 is 1.38 bits per heavy atom. The second-order valence-electron chi connectivity index (χ2n) is 9.64. The predicted octanol–water partition coefficient (Wildman–Crippen LogP) is 2.11. The number of phenols is 1. The number of ether oxygens (including phenoxy) is 2. The first-order valence-corrected chi connectivity index (χ1v) is 10.6. The molecule has 2 bridgehead atoms. The van der Waals surface area contributed by atoms with Crippen molar-refractivity contribution in [3.63, 3.8) is 0 Å². The first kappa shape index (κ1) is 17.7. The van der Waals surface area contributed by atoms with Gasteiger partial charge >= 0.3 is 5.97 Å². The van der Waals surface area contributed by atoms with Gasteiger partial charge in [0.1, 0.15) is 6.04 Å². The van der Waals surface area contributed by atoms with Gasteiger partial charge in [-0.3, -0.25) is 9.59 Å². The average molecular weight is 399 g/mol. The van der Waals surface area contributed by atoms with E-state index in [0.717, 1.165) is 24.0 Å². The number of piperidine rings is 1. The van der Waals surface area contributed by atoms with Crippen LogP contribution in [0.25, 0.3) is 0 Å². The summed E-state index contributed by atoms with van der Waals surface area (Å²) in [7, 11) is 0. The van der Waals surface area contributed by atoms with E-state index in [4.69, 9.17) is 9.47 Å². The summed E-state index contributed by atoms with van der Waals surface area (Å²) < 4.78 is 11.8. The second kappa shape index (κ2) is 5.32. The van der Waals surface area contributed by atoms with Crippen molar-refractivity contribution in [1.82, 2.24) is 0 Å². The SMILES string of the molecule is CC(=O)O[C@@]12CCC(=O)C3Oc4c(O)ccc5c4[C@@]31CC[N+]([O-])(CC1CC1)[C@@H]2C5. The molecule has 3 aliphatic carbocycles. The number of aromatic hydroxyl groups is 1. The maximum Gasteiger partial charge on any atom is 0.303 e. The standard InChI is InChI=1S/C22H25NO6/c1-12(24)29-22-7-6-16(26)20-21(22)8-9-23(27,11-13-2-3-13)17(22)10-14-4-5-15(25)19(28-20)18(14)21/h4-5,13,17,20,25H,2-3,6-11H2,1H3/t17-,20?,21+,22-,23?/m1/s1. The van der Waals surface area contributed by atoms with Gasteiger partial charge in [0.25, 0.3) is 0 Å². The van der Waals surface area contributed by atoms with Crippen LogP contribution in [0.3, 0.4) is 0 Å². The normalized spacial score (nSPS) is 41.5. The summed E-state index contributed by atoms with van der Waals surface area (Å²) >= 11 is 0. The van der Waals surface area contributed by atoms with E-state index in [-0.39, 0.29) is 22.6 Å². The molecular formula is C22H25NO6. The molecule has 2 heterocycles. The zero-order chi connectivity index (χ0) is 20.2. The van der Waals surface area contributed by atoms with Crippen LogP contribution in [0.5, 0.6) is 11.5 Å². The fourth-order valence-corrected chi connectivity index (χ4v) is 6.97. The van der Waals surface area contributed by atoms with Crippen LogP contribution >= 0.6 is 0 Å². The summed E-state index contributed by atoms with van der Waals surface area (Å²) in [5, 5.41) is 24.7. The summed E-state index contributed by atoms with van der Waals surface area (Å²) in [5.74, 6) is 0.309. The van der Waals surface area contributed by atoms with Crippen LogP contribution in [0, 0.1) is 11.1 Å². The highest BCUT2D eigenvalue weighted by atomic mass is 16.6. The topological polar surface area (TPSA) is 95.9 Å². The van der Waals surface area contributed by atoms with Gasteiger partial charge in [0.15, 0.2) is 29.0 Å². The molecule has 2 unspecified atom stereocenters. The smallest absolute Gasteiger partial charge is 0.303 e. The van der Waals surface area contributed by atoms with E-state index in [1.165, 1.54) is 6.92 Å². The minimum Gasteiger partial charge on any atom is -0.632 e. The van der Waals surface area contributed by atoms with Gasteiger partial charge in [-0.1, -0.05) is 6.07 Å². The van der Waals surface area contributed by atoms with E-state index in [2.05, 4.69) is 0 Å².